The summed E-state index contributed by atoms with van der Waals surface area (Å²) in [4.78, 5) is 43.0. The molecular formula is C17H25N5O3. The molecule has 3 heterocycles. The third-order valence-corrected chi connectivity index (χ3v) is 5.01. The highest BCUT2D eigenvalue weighted by Crippen LogP contribution is 2.21. The molecule has 2 aromatic rings. The van der Waals surface area contributed by atoms with Crippen molar-refractivity contribution in [1.82, 2.24) is 23.6 Å². The molecule has 2 aromatic heterocycles. The van der Waals surface area contributed by atoms with Gasteiger partial charge in [0, 0.05) is 40.2 Å². The highest BCUT2D eigenvalue weighted by atomic mass is 16.2. The molecule has 0 saturated carbocycles. The Kier molecular flexibility index (Phi) is 4.53. The van der Waals surface area contributed by atoms with Crippen molar-refractivity contribution >= 4 is 17.1 Å². The molecule has 0 aliphatic carbocycles. The molecule has 0 spiro atoms. The Labute approximate surface area is 145 Å². The van der Waals surface area contributed by atoms with Gasteiger partial charge in [-0.25, -0.2) is 9.78 Å². The molecule has 0 aromatic carbocycles. The van der Waals surface area contributed by atoms with Crippen LogP contribution in [0.1, 0.15) is 26.7 Å². The third kappa shape index (κ3) is 3.12. The number of piperidine rings is 1. The van der Waals surface area contributed by atoms with Crippen molar-refractivity contribution in [2.75, 3.05) is 13.1 Å². The van der Waals surface area contributed by atoms with Gasteiger partial charge >= 0.3 is 5.69 Å². The van der Waals surface area contributed by atoms with Gasteiger partial charge in [0.05, 0.1) is 6.33 Å². The second-order valence-electron chi connectivity index (χ2n) is 7.31. The lowest BCUT2D eigenvalue weighted by molar-refractivity contribution is -0.134. The first-order valence-electron chi connectivity index (χ1n) is 8.68. The van der Waals surface area contributed by atoms with Crippen LogP contribution in [-0.2, 0) is 25.4 Å². The van der Waals surface area contributed by atoms with E-state index in [1.54, 1.807) is 11.6 Å². The predicted molar refractivity (Wildman–Crippen MR) is 94.4 cm³/mol. The van der Waals surface area contributed by atoms with Crippen LogP contribution in [0.15, 0.2) is 15.9 Å². The zero-order valence-corrected chi connectivity index (χ0v) is 15.2. The number of aromatic nitrogens is 4. The van der Waals surface area contributed by atoms with Crippen LogP contribution < -0.4 is 11.2 Å². The van der Waals surface area contributed by atoms with Gasteiger partial charge in [0.15, 0.2) is 11.2 Å². The Balaban J connectivity index is 1.81. The molecular weight excluding hydrogens is 322 g/mol. The van der Waals surface area contributed by atoms with Crippen LogP contribution in [0.2, 0.25) is 0 Å². The number of carbonyl (C=O) groups is 1. The van der Waals surface area contributed by atoms with Crippen molar-refractivity contribution in [2.45, 2.75) is 33.2 Å². The van der Waals surface area contributed by atoms with Crippen molar-refractivity contribution in [3.8, 4) is 0 Å². The van der Waals surface area contributed by atoms with Crippen LogP contribution in [-0.4, -0.2) is 42.6 Å². The number of carbonyl (C=O) groups excluding carboxylic acids is 1. The van der Waals surface area contributed by atoms with Gasteiger partial charge in [-0.1, -0.05) is 13.8 Å². The van der Waals surface area contributed by atoms with Gasteiger partial charge < -0.3 is 9.47 Å². The summed E-state index contributed by atoms with van der Waals surface area (Å²) >= 11 is 0. The minimum absolute atomic E-state index is 0.0990. The van der Waals surface area contributed by atoms with Crippen LogP contribution >= 0.6 is 0 Å². The number of rotatable bonds is 3. The number of aryl methyl sites for hydroxylation is 2. The van der Waals surface area contributed by atoms with E-state index in [9.17, 15) is 14.4 Å². The molecule has 0 radical (unpaired) electrons. The zero-order chi connectivity index (χ0) is 18.3. The van der Waals surface area contributed by atoms with Crippen LogP contribution in [0, 0.1) is 11.8 Å². The van der Waals surface area contributed by atoms with E-state index in [-0.39, 0.29) is 11.5 Å². The monoisotopic (exact) mass is 347 g/mol. The molecule has 8 heteroatoms. The largest absolute Gasteiger partial charge is 0.342 e. The number of fused-ring (bicyclic) bond motifs is 1. The number of amides is 1. The van der Waals surface area contributed by atoms with Crippen LogP contribution in [0.25, 0.3) is 11.2 Å². The first kappa shape index (κ1) is 17.4. The minimum Gasteiger partial charge on any atom is -0.342 e. The second-order valence-corrected chi connectivity index (χ2v) is 7.31. The summed E-state index contributed by atoms with van der Waals surface area (Å²) in [7, 11) is 3.03. The van der Waals surface area contributed by atoms with E-state index in [0.717, 1.165) is 24.1 Å². The predicted octanol–water partition coefficient (Wildman–Crippen LogP) is 0.328. The first-order valence-corrected chi connectivity index (χ1v) is 8.68. The molecule has 1 aliphatic heterocycles. The lowest BCUT2D eigenvalue weighted by Crippen LogP contribution is -2.42. The fourth-order valence-electron chi connectivity index (χ4n) is 3.81. The van der Waals surface area contributed by atoms with Crippen LogP contribution in [0.5, 0.6) is 0 Å². The van der Waals surface area contributed by atoms with E-state index in [1.807, 2.05) is 4.90 Å². The summed E-state index contributed by atoms with van der Waals surface area (Å²) in [6.07, 6.45) is 3.00. The average molecular weight is 347 g/mol. The molecule has 1 amide bonds. The van der Waals surface area contributed by atoms with Crippen molar-refractivity contribution in [1.29, 1.82) is 0 Å². The van der Waals surface area contributed by atoms with E-state index in [4.69, 9.17) is 0 Å². The topological polar surface area (TPSA) is 82.1 Å². The Morgan fingerprint density at radius 1 is 1.16 bits per heavy atom. The first-order chi connectivity index (χ1) is 11.8. The van der Waals surface area contributed by atoms with Crippen molar-refractivity contribution in [3.05, 3.63) is 27.2 Å². The third-order valence-electron chi connectivity index (χ3n) is 5.01. The highest BCUT2D eigenvalue weighted by Gasteiger charge is 2.25. The Morgan fingerprint density at radius 3 is 2.44 bits per heavy atom. The van der Waals surface area contributed by atoms with Gasteiger partial charge in [0.2, 0.25) is 5.91 Å². The fourth-order valence-corrected chi connectivity index (χ4v) is 3.81. The molecule has 2 atom stereocenters. The molecule has 25 heavy (non-hydrogen) atoms. The SMILES string of the molecule is C[C@@H]1C[C@H](C)CN(C(=O)CCn2cnc3c2c(=O)n(C)c(=O)n3C)C1. The summed E-state index contributed by atoms with van der Waals surface area (Å²) in [5, 5.41) is 0. The summed E-state index contributed by atoms with van der Waals surface area (Å²) in [5.74, 6) is 1.13. The molecule has 136 valence electrons. The van der Waals surface area contributed by atoms with Gasteiger partial charge in [0.1, 0.15) is 0 Å². The lowest BCUT2D eigenvalue weighted by Gasteiger charge is -2.35. The molecule has 1 fully saturated rings. The maximum Gasteiger partial charge on any atom is 0.332 e. The highest BCUT2D eigenvalue weighted by molar-refractivity contribution is 5.76. The zero-order valence-electron chi connectivity index (χ0n) is 15.2. The maximum absolute atomic E-state index is 12.5. The van der Waals surface area contributed by atoms with Crippen molar-refractivity contribution in [3.63, 3.8) is 0 Å². The smallest absolute Gasteiger partial charge is 0.332 e. The summed E-state index contributed by atoms with van der Waals surface area (Å²) in [5.41, 5.74) is -0.0862. The van der Waals surface area contributed by atoms with E-state index in [2.05, 4.69) is 18.8 Å². The number of likely N-dealkylation sites (tertiary alicyclic amines) is 1. The van der Waals surface area contributed by atoms with Gasteiger partial charge in [-0.2, -0.15) is 0 Å². The number of nitrogens with zero attached hydrogens (tertiary/aromatic N) is 5. The quantitative estimate of drug-likeness (QED) is 0.801. The van der Waals surface area contributed by atoms with Crippen molar-refractivity contribution in [2.24, 2.45) is 25.9 Å². The fraction of sp³-hybridized carbons (Fsp3) is 0.647. The number of hydrogen-bond donors (Lipinski definition) is 0. The van der Waals surface area contributed by atoms with Crippen molar-refractivity contribution < 1.29 is 4.79 Å². The van der Waals surface area contributed by atoms with Gasteiger partial charge in [-0.3, -0.25) is 18.7 Å². The van der Waals surface area contributed by atoms with E-state index < -0.39 is 5.69 Å². The number of imidazole rings is 1. The van der Waals surface area contributed by atoms with Crippen LogP contribution in [0.3, 0.4) is 0 Å². The minimum atomic E-state index is -0.407. The normalized spacial score (nSPS) is 21.0. The van der Waals surface area contributed by atoms with E-state index in [0.29, 0.717) is 36.0 Å². The second kappa shape index (κ2) is 6.50. The molecule has 1 saturated heterocycles. The Bertz CT molecular complexity index is 913. The maximum atomic E-state index is 12.5. The van der Waals surface area contributed by atoms with Gasteiger partial charge in [0.25, 0.3) is 5.56 Å². The standard InChI is InChI=1S/C17H25N5O3/c1-11-7-12(2)9-22(8-11)13(23)5-6-21-10-18-15-14(21)16(24)20(4)17(25)19(15)3/h10-12H,5-9H2,1-4H3/t11-,12+. The summed E-state index contributed by atoms with van der Waals surface area (Å²) in [6, 6.07) is 0. The van der Waals surface area contributed by atoms with Gasteiger partial charge in [-0.15, -0.1) is 0 Å². The Hall–Kier alpha value is -2.38. The molecule has 1 aliphatic rings. The van der Waals surface area contributed by atoms with E-state index in [1.165, 1.54) is 17.9 Å². The summed E-state index contributed by atoms with van der Waals surface area (Å²) < 4.78 is 4.09. The molecule has 0 unspecified atom stereocenters. The lowest BCUT2D eigenvalue weighted by atomic mass is 9.92. The molecule has 8 nitrogen and oxygen atoms in total. The molecule has 0 bridgehead atoms. The summed E-state index contributed by atoms with van der Waals surface area (Å²) in [6.45, 7) is 6.31. The average Bonchev–Trinajstić information content (AvgIpc) is 2.99. The van der Waals surface area contributed by atoms with Gasteiger partial charge in [-0.05, 0) is 18.3 Å². The Morgan fingerprint density at radius 2 is 1.80 bits per heavy atom. The number of hydrogen-bond acceptors (Lipinski definition) is 4. The van der Waals surface area contributed by atoms with Crippen LogP contribution in [0.4, 0.5) is 0 Å². The molecule has 0 N–H and O–H groups in total. The van der Waals surface area contributed by atoms with E-state index >= 15 is 0 Å². The molecule has 3 rings (SSSR count).